The summed E-state index contributed by atoms with van der Waals surface area (Å²) >= 11 is 0. The molecule has 4 heteroatoms. The van der Waals surface area contributed by atoms with Crippen LogP contribution in [0.4, 0.5) is 0 Å². The molecule has 0 aliphatic heterocycles. The molecule has 0 saturated carbocycles. The van der Waals surface area contributed by atoms with Crippen LogP contribution in [-0.2, 0) is 0 Å². The summed E-state index contributed by atoms with van der Waals surface area (Å²) in [5, 5.41) is 0. The molecule has 0 spiro atoms. The minimum Gasteiger partial charge on any atom is -0.492 e. The van der Waals surface area contributed by atoms with Crippen molar-refractivity contribution in [3.63, 3.8) is 0 Å². The van der Waals surface area contributed by atoms with Gasteiger partial charge in [-0.05, 0) is 82.5 Å². The first-order valence-corrected chi connectivity index (χ1v) is 9.91. The van der Waals surface area contributed by atoms with Crippen molar-refractivity contribution in [2.45, 2.75) is 12.8 Å². The van der Waals surface area contributed by atoms with Crippen molar-refractivity contribution in [3.05, 3.63) is 65.9 Å². The van der Waals surface area contributed by atoms with Crippen LogP contribution < -0.4 is 4.74 Å². The van der Waals surface area contributed by atoms with Crippen LogP contribution in [0.15, 0.2) is 60.3 Å². The molecule has 0 bridgehead atoms. The van der Waals surface area contributed by atoms with Crippen LogP contribution in [0.2, 0.25) is 0 Å². The fourth-order valence-electron chi connectivity index (χ4n) is 3.43. The van der Waals surface area contributed by atoms with Crippen molar-refractivity contribution < 1.29 is 4.74 Å². The first-order valence-electron chi connectivity index (χ1n) is 9.91. The molecule has 0 amide bonds. The quantitative estimate of drug-likeness (QED) is 0.684. The van der Waals surface area contributed by atoms with Gasteiger partial charge in [-0.1, -0.05) is 18.2 Å². The van der Waals surface area contributed by atoms with Gasteiger partial charge in [-0.25, -0.2) is 0 Å². The minimum absolute atomic E-state index is 0.670. The highest BCUT2D eigenvalue weighted by atomic mass is 16.5. The molecule has 2 aromatic rings. The monoisotopic (exact) mass is 377 g/mol. The summed E-state index contributed by atoms with van der Waals surface area (Å²) in [5.41, 5.74) is 6.01. The van der Waals surface area contributed by atoms with E-state index >= 15 is 0 Å². The van der Waals surface area contributed by atoms with Gasteiger partial charge in [0.2, 0.25) is 0 Å². The third-order valence-electron chi connectivity index (χ3n) is 4.81. The summed E-state index contributed by atoms with van der Waals surface area (Å²) in [5.74, 6) is 0.944. The Morgan fingerprint density at radius 1 is 1.04 bits per heavy atom. The number of likely N-dealkylation sites (N-methyl/N-ethyl adjacent to an activating group) is 2. The maximum Gasteiger partial charge on any atom is 0.127 e. The number of rotatable bonds is 8. The zero-order chi connectivity index (χ0) is 19.9. The number of hydrogen-bond acceptors (Lipinski definition) is 4. The van der Waals surface area contributed by atoms with E-state index in [1.165, 1.54) is 11.1 Å². The first kappa shape index (κ1) is 20.3. The molecule has 0 N–H and O–H groups in total. The van der Waals surface area contributed by atoms with Gasteiger partial charge >= 0.3 is 0 Å². The fourth-order valence-corrected chi connectivity index (χ4v) is 3.43. The SMILES string of the molecule is CN(C)CCOc1ccc(-c2ccccn2)cc1C1=C(CN(C)C)CCC=C1. The van der Waals surface area contributed by atoms with Crippen LogP contribution in [0, 0.1) is 0 Å². The van der Waals surface area contributed by atoms with E-state index in [9.17, 15) is 0 Å². The molecule has 1 aromatic carbocycles. The third kappa shape index (κ3) is 5.31. The minimum atomic E-state index is 0.670. The molecule has 1 aromatic heterocycles. The van der Waals surface area contributed by atoms with Crippen LogP contribution in [0.25, 0.3) is 16.8 Å². The Labute approximate surface area is 169 Å². The summed E-state index contributed by atoms with van der Waals surface area (Å²) < 4.78 is 6.20. The Morgan fingerprint density at radius 2 is 1.89 bits per heavy atom. The second-order valence-electron chi connectivity index (χ2n) is 7.77. The highest BCUT2D eigenvalue weighted by Gasteiger charge is 2.17. The number of allylic oxidation sites excluding steroid dienone is 3. The van der Waals surface area contributed by atoms with E-state index in [0.717, 1.165) is 48.5 Å². The van der Waals surface area contributed by atoms with E-state index in [0.29, 0.717) is 6.61 Å². The van der Waals surface area contributed by atoms with Gasteiger partial charge in [0.15, 0.2) is 0 Å². The maximum atomic E-state index is 6.20. The highest BCUT2D eigenvalue weighted by molar-refractivity contribution is 5.83. The van der Waals surface area contributed by atoms with Crippen LogP contribution in [-0.4, -0.2) is 62.7 Å². The van der Waals surface area contributed by atoms with E-state index in [1.807, 2.05) is 18.3 Å². The van der Waals surface area contributed by atoms with E-state index < -0.39 is 0 Å². The molecule has 1 aliphatic carbocycles. The Hall–Kier alpha value is -2.43. The summed E-state index contributed by atoms with van der Waals surface area (Å²) in [4.78, 5) is 8.91. The van der Waals surface area contributed by atoms with Gasteiger partial charge in [-0.3, -0.25) is 4.98 Å². The maximum absolute atomic E-state index is 6.20. The summed E-state index contributed by atoms with van der Waals surface area (Å²) in [6.07, 6.45) is 8.57. The van der Waals surface area contributed by atoms with Crippen molar-refractivity contribution in [3.8, 4) is 17.0 Å². The Bertz CT molecular complexity index is 838. The van der Waals surface area contributed by atoms with E-state index in [-0.39, 0.29) is 0 Å². The zero-order valence-electron chi connectivity index (χ0n) is 17.5. The van der Waals surface area contributed by atoms with Gasteiger partial charge in [-0.15, -0.1) is 0 Å². The predicted octanol–water partition coefficient (Wildman–Crippen LogP) is 4.35. The second kappa shape index (κ2) is 9.67. The van der Waals surface area contributed by atoms with Crippen molar-refractivity contribution >= 4 is 5.57 Å². The van der Waals surface area contributed by atoms with Crippen molar-refractivity contribution in [2.75, 3.05) is 47.9 Å². The second-order valence-corrected chi connectivity index (χ2v) is 7.77. The van der Waals surface area contributed by atoms with E-state index in [4.69, 9.17) is 4.74 Å². The Morgan fingerprint density at radius 3 is 2.61 bits per heavy atom. The molecular formula is C24H31N3O. The van der Waals surface area contributed by atoms with Gasteiger partial charge in [-0.2, -0.15) is 0 Å². The van der Waals surface area contributed by atoms with Gasteiger partial charge in [0.25, 0.3) is 0 Å². The van der Waals surface area contributed by atoms with Gasteiger partial charge < -0.3 is 14.5 Å². The number of ether oxygens (including phenoxy) is 1. The number of nitrogens with zero attached hydrogens (tertiary/aromatic N) is 3. The number of pyridine rings is 1. The third-order valence-corrected chi connectivity index (χ3v) is 4.81. The van der Waals surface area contributed by atoms with Crippen LogP contribution >= 0.6 is 0 Å². The topological polar surface area (TPSA) is 28.6 Å². The van der Waals surface area contributed by atoms with Crippen molar-refractivity contribution in [1.29, 1.82) is 0 Å². The smallest absolute Gasteiger partial charge is 0.127 e. The van der Waals surface area contributed by atoms with Crippen LogP contribution in [0.3, 0.4) is 0 Å². The predicted molar refractivity (Wildman–Crippen MR) is 118 cm³/mol. The lowest BCUT2D eigenvalue weighted by molar-refractivity contribution is 0.261. The molecule has 28 heavy (non-hydrogen) atoms. The van der Waals surface area contributed by atoms with E-state index in [1.54, 1.807) is 0 Å². The van der Waals surface area contributed by atoms with E-state index in [2.05, 4.69) is 79.4 Å². The van der Waals surface area contributed by atoms with Crippen molar-refractivity contribution in [1.82, 2.24) is 14.8 Å². The molecule has 1 heterocycles. The lowest BCUT2D eigenvalue weighted by Crippen LogP contribution is -2.20. The molecule has 4 nitrogen and oxygen atoms in total. The molecule has 0 fully saturated rings. The number of aromatic nitrogens is 1. The van der Waals surface area contributed by atoms with Gasteiger partial charge in [0, 0.05) is 30.4 Å². The molecule has 3 rings (SSSR count). The van der Waals surface area contributed by atoms with Crippen LogP contribution in [0.5, 0.6) is 5.75 Å². The largest absolute Gasteiger partial charge is 0.492 e. The lowest BCUT2D eigenvalue weighted by atomic mass is 9.90. The summed E-state index contributed by atoms with van der Waals surface area (Å²) in [6.45, 7) is 2.52. The summed E-state index contributed by atoms with van der Waals surface area (Å²) in [7, 11) is 8.38. The van der Waals surface area contributed by atoms with Gasteiger partial charge in [0.05, 0.1) is 5.69 Å². The average Bonchev–Trinajstić information content (AvgIpc) is 2.69. The summed E-state index contributed by atoms with van der Waals surface area (Å²) in [6, 6.07) is 12.5. The molecule has 0 saturated heterocycles. The fraction of sp³-hybridized carbons (Fsp3) is 0.375. The Balaban J connectivity index is 2.03. The molecule has 148 valence electrons. The molecular weight excluding hydrogens is 346 g/mol. The Kier molecular flexibility index (Phi) is 7.01. The first-order chi connectivity index (χ1) is 13.5. The molecule has 1 aliphatic rings. The standard InChI is InChI=1S/C24H31N3O/c1-26(2)15-16-28-24-13-12-19(23-11-7-8-14-25-23)17-22(24)21-10-6-5-9-20(21)18-27(3)4/h6-8,10-14,17H,5,9,15-16,18H2,1-4H3. The zero-order valence-corrected chi connectivity index (χ0v) is 17.5. The molecule has 0 radical (unpaired) electrons. The van der Waals surface area contributed by atoms with Crippen molar-refractivity contribution in [2.24, 2.45) is 0 Å². The van der Waals surface area contributed by atoms with Crippen LogP contribution in [0.1, 0.15) is 18.4 Å². The number of hydrogen-bond donors (Lipinski definition) is 0. The number of benzene rings is 1. The molecule has 0 unspecified atom stereocenters. The molecule has 0 atom stereocenters. The highest BCUT2D eigenvalue weighted by Crippen LogP contribution is 2.36. The lowest BCUT2D eigenvalue weighted by Gasteiger charge is -2.22. The normalized spacial score (nSPS) is 14.2. The average molecular weight is 378 g/mol. The van der Waals surface area contributed by atoms with Gasteiger partial charge in [0.1, 0.15) is 12.4 Å².